The van der Waals surface area contributed by atoms with Gasteiger partial charge in [-0.3, -0.25) is 0 Å². The molecule has 0 saturated heterocycles. The Bertz CT molecular complexity index is 766. The van der Waals surface area contributed by atoms with E-state index in [0.29, 0.717) is 0 Å². The first-order chi connectivity index (χ1) is 8.93. The van der Waals surface area contributed by atoms with Crippen LogP contribution in [0.25, 0.3) is 0 Å². The van der Waals surface area contributed by atoms with E-state index in [1.165, 1.54) is 36.4 Å². The third-order valence-corrected chi connectivity index (χ3v) is 6.42. The summed E-state index contributed by atoms with van der Waals surface area (Å²) in [4.78, 5) is -0.328. The van der Waals surface area contributed by atoms with E-state index in [0.717, 1.165) is 0 Å². The fourth-order valence-electron chi connectivity index (χ4n) is 1.34. The molecule has 104 valence electrons. The molecule has 0 saturated carbocycles. The summed E-state index contributed by atoms with van der Waals surface area (Å²) in [7, 11) is -9.38. The van der Waals surface area contributed by atoms with Crippen LogP contribution < -0.4 is 4.18 Å². The second-order valence-electron chi connectivity index (χ2n) is 3.57. The van der Waals surface area contributed by atoms with Crippen molar-refractivity contribution in [3.63, 3.8) is 0 Å². The Morgan fingerprint density at radius 2 is 1.20 bits per heavy atom. The summed E-state index contributed by atoms with van der Waals surface area (Å²) in [5.74, 6) is -0.0537. The fourth-order valence-corrected chi connectivity index (χ4v) is 4.05. The minimum Gasteiger partial charge on any atom is -1.00 e. The summed E-state index contributed by atoms with van der Waals surface area (Å²) < 4.78 is 52.1. The Hall–Kier alpha value is -1.09. The predicted octanol–water partition coefficient (Wildman–Crippen LogP) is 1.63. The monoisotopic (exact) mass is 324 g/mol. The van der Waals surface area contributed by atoms with Gasteiger partial charge < -0.3 is 7.04 Å². The molecule has 5 nitrogen and oxygen atoms in total. The van der Waals surface area contributed by atoms with Gasteiger partial charge in [0.05, 0.1) is 4.90 Å². The molecular formula is C12H12MgO5S2. The molecule has 0 aliphatic carbocycles. The van der Waals surface area contributed by atoms with Crippen molar-refractivity contribution in [2.45, 2.75) is 4.90 Å². The largest absolute Gasteiger partial charge is 2.00 e. The average molecular weight is 325 g/mol. The van der Waals surface area contributed by atoms with E-state index >= 15 is 0 Å². The molecule has 0 amide bonds. The summed E-state index contributed by atoms with van der Waals surface area (Å²) in [6.45, 7) is 0. The SMILES string of the molecule is O=S(=O)(Oc1ccccc1)S(=O)(=O)c1ccccc1.[H-].[H-].[Mg+2]. The van der Waals surface area contributed by atoms with Crippen molar-refractivity contribution in [2.75, 3.05) is 0 Å². The maximum Gasteiger partial charge on any atom is 2.00 e. The molecule has 0 bridgehead atoms. The molecule has 2 aromatic rings. The van der Waals surface area contributed by atoms with Gasteiger partial charge in [0, 0.05) is 0 Å². The van der Waals surface area contributed by atoms with Crippen molar-refractivity contribution in [2.24, 2.45) is 0 Å². The van der Waals surface area contributed by atoms with Crippen molar-refractivity contribution >= 4 is 41.1 Å². The Morgan fingerprint density at radius 3 is 1.70 bits per heavy atom. The van der Waals surface area contributed by atoms with Crippen LogP contribution in [0.3, 0.4) is 0 Å². The van der Waals surface area contributed by atoms with E-state index < -0.39 is 18.0 Å². The van der Waals surface area contributed by atoms with Crippen LogP contribution >= 0.6 is 0 Å². The van der Waals surface area contributed by atoms with Gasteiger partial charge in [0.15, 0.2) is 0 Å². The molecule has 0 spiro atoms. The second-order valence-corrected chi connectivity index (χ2v) is 8.48. The molecule has 0 N–H and O–H groups in total. The normalized spacial score (nSPS) is 11.4. The van der Waals surface area contributed by atoms with E-state index in [-0.39, 0.29) is 36.6 Å². The Balaban J connectivity index is 0. The quantitative estimate of drug-likeness (QED) is 0.631. The minimum atomic E-state index is -4.79. The van der Waals surface area contributed by atoms with Crippen molar-refractivity contribution < 1.29 is 23.9 Å². The minimum absolute atomic E-state index is 0. The van der Waals surface area contributed by atoms with E-state index in [2.05, 4.69) is 4.18 Å². The fraction of sp³-hybridized carbons (Fsp3) is 0. The third-order valence-electron chi connectivity index (χ3n) is 2.24. The molecule has 0 heterocycles. The Kier molecular flexibility index (Phi) is 5.57. The summed E-state index contributed by atoms with van der Waals surface area (Å²) in [5, 5.41) is 0. The summed E-state index contributed by atoms with van der Waals surface area (Å²) in [5.41, 5.74) is 0. The zero-order chi connectivity index (χ0) is 13.9. The molecule has 0 aromatic heterocycles. The van der Waals surface area contributed by atoms with E-state index in [1.54, 1.807) is 24.3 Å². The van der Waals surface area contributed by atoms with Crippen LogP contribution in [-0.4, -0.2) is 39.9 Å². The maximum absolute atomic E-state index is 11.9. The molecule has 2 aromatic carbocycles. The number of benzene rings is 2. The number of hydrogen-bond acceptors (Lipinski definition) is 5. The third kappa shape index (κ3) is 3.51. The molecule has 0 atom stereocenters. The summed E-state index contributed by atoms with van der Waals surface area (Å²) in [6, 6.07) is 14.3. The molecule has 0 aliphatic rings. The van der Waals surface area contributed by atoms with Gasteiger partial charge in [-0.25, -0.2) is 8.42 Å². The van der Waals surface area contributed by atoms with Gasteiger partial charge >= 0.3 is 41.1 Å². The number of hydrogen-bond donors (Lipinski definition) is 0. The smallest absolute Gasteiger partial charge is 1.00 e. The topological polar surface area (TPSA) is 77.5 Å². The zero-order valence-electron chi connectivity index (χ0n) is 12.3. The molecule has 0 fully saturated rings. The standard InChI is InChI=1S/C12H10O5S2.Mg.2H/c13-18(14,12-9-5-2-6-10-12)19(15,16)17-11-7-3-1-4-8-11;;;/h1-10H;;;/q;+2;2*-1. The molecule has 0 radical (unpaired) electrons. The van der Waals surface area contributed by atoms with E-state index in [1.807, 2.05) is 0 Å². The van der Waals surface area contributed by atoms with E-state index in [9.17, 15) is 16.8 Å². The van der Waals surface area contributed by atoms with Crippen molar-refractivity contribution in [3.8, 4) is 5.75 Å². The molecule has 8 heteroatoms. The van der Waals surface area contributed by atoms with Gasteiger partial charge in [-0.2, -0.15) is 8.42 Å². The molecule has 0 unspecified atom stereocenters. The molecule has 20 heavy (non-hydrogen) atoms. The number of para-hydroxylation sites is 1. The van der Waals surface area contributed by atoms with E-state index in [4.69, 9.17) is 0 Å². The van der Waals surface area contributed by atoms with Crippen molar-refractivity contribution in [1.82, 2.24) is 0 Å². The first-order valence-electron chi connectivity index (χ1n) is 5.23. The van der Waals surface area contributed by atoms with Crippen LogP contribution in [0.2, 0.25) is 0 Å². The second kappa shape index (κ2) is 6.57. The zero-order valence-corrected chi connectivity index (χ0v) is 13.4. The van der Waals surface area contributed by atoms with Crippen LogP contribution in [0, 0.1) is 0 Å². The van der Waals surface area contributed by atoms with Crippen LogP contribution in [0.5, 0.6) is 5.75 Å². The van der Waals surface area contributed by atoms with Gasteiger partial charge in [0.2, 0.25) is 0 Å². The summed E-state index contributed by atoms with van der Waals surface area (Å²) in [6.07, 6.45) is 0. The van der Waals surface area contributed by atoms with Gasteiger partial charge in [-0.05, 0) is 24.3 Å². The van der Waals surface area contributed by atoms with Crippen LogP contribution in [0.1, 0.15) is 2.85 Å². The summed E-state index contributed by atoms with van der Waals surface area (Å²) >= 11 is 0. The van der Waals surface area contributed by atoms with Crippen LogP contribution in [0.15, 0.2) is 65.6 Å². The molecule has 2 rings (SSSR count). The first-order valence-corrected chi connectivity index (χ1v) is 8.64. The Morgan fingerprint density at radius 1 is 0.750 bits per heavy atom. The molecule has 0 aliphatic heterocycles. The molecular weight excluding hydrogens is 313 g/mol. The van der Waals surface area contributed by atoms with Gasteiger partial charge in [-0.15, -0.1) is 0 Å². The van der Waals surface area contributed by atoms with Crippen molar-refractivity contribution in [3.05, 3.63) is 60.7 Å². The maximum atomic E-state index is 11.9. The van der Waals surface area contributed by atoms with Gasteiger partial charge in [-0.1, -0.05) is 36.4 Å². The van der Waals surface area contributed by atoms with Crippen molar-refractivity contribution in [1.29, 1.82) is 0 Å². The Labute approximate surface area is 136 Å². The van der Waals surface area contributed by atoms with Gasteiger partial charge in [0.25, 0.3) is 0 Å². The van der Waals surface area contributed by atoms with Gasteiger partial charge in [0.1, 0.15) is 5.75 Å². The predicted molar refractivity (Wildman–Crippen MR) is 77.6 cm³/mol. The van der Waals surface area contributed by atoms with Crippen LogP contribution in [-0.2, 0) is 18.0 Å². The first kappa shape index (κ1) is 17.0. The average Bonchev–Trinajstić information content (AvgIpc) is 2.40. The number of rotatable bonds is 4. The van der Waals surface area contributed by atoms with Crippen LogP contribution in [0.4, 0.5) is 0 Å².